The molecule has 0 spiro atoms. The van der Waals surface area contributed by atoms with Gasteiger partial charge in [-0.05, 0) is 18.8 Å². The summed E-state index contributed by atoms with van der Waals surface area (Å²) in [6.07, 6.45) is 0.276. The maximum Gasteiger partial charge on any atom is 0.303 e. The molecule has 1 atom stereocenters. The van der Waals surface area contributed by atoms with Crippen molar-refractivity contribution in [2.45, 2.75) is 46.6 Å². The van der Waals surface area contributed by atoms with E-state index in [4.69, 9.17) is 5.11 Å². The summed E-state index contributed by atoms with van der Waals surface area (Å²) in [5, 5.41) is 8.47. The summed E-state index contributed by atoms with van der Waals surface area (Å²) >= 11 is 0. The highest BCUT2D eigenvalue weighted by atomic mass is 32.2. The molecule has 1 unspecified atom stereocenters. The third-order valence-corrected chi connectivity index (χ3v) is 3.80. The van der Waals surface area contributed by atoms with Crippen LogP contribution in [-0.2, 0) is 14.8 Å². The lowest BCUT2D eigenvalue weighted by Gasteiger charge is -2.20. The maximum atomic E-state index is 11.6. The van der Waals surface area contributed by atoms with Crippen molar-refractivity contribution >= 4 is 16.0 Å². The lowest BCUT2D eigenvalue weighted by Crippen LogP contribution is -2.38. The first-order valence-corrected chi connectivity index (χ1v) is 6.89. The first kappa shape index (κ1) is 15.4. The molecule has 2 N–H and O–H groups in total. The highest BCUT2D eigenvalue weighted by molar-refractivity contribution is 7.89. The second kappa shape index (κ2) is 5.63. The molecule has 0 amide bonds. The van der Waals surface area contributed by atoms with Crippen LogP contribution in [0, 0.1) is 5.41 Å². The van der Waals surface area contributed by atoms with E-state index in [0.717, 1.165) is 0 Å². The summed E-state index contributed by atoms with van der Waals surface area (Å²) in [4.78, 5) is 10.3. The van der Waals surface area contributed by atoms with Gasteiger partial charge in [0.2, 0.25) is 10.0 Å². The third-order valence-electron chi connectivity index (χ3n) is 1.79. The number of nitrogens with one attached hydrogen (secondary N) is 1. The molecule has 0 heterocycles. The van der Waals surface area contributed by atoms with Gasteiger partial charge in [0.05, 0.1) is 5.75 Å². The smallest absolute Gasteiger partial charge is 0.303 e. The lowest BCUT2D eigenvalue weighted by atomic mass is 10.0. The summed E-state index contributed by atoms with van der Waals surface area (Å²) in [5.74, 6) is -0.876. The van der Waals surface area contributed by atoms with Gasteiger partial charge >= 0.3 is 5.97 Å². The number of carboxylic acid groups (broad SMARTS) is 1. The predicted molar refractivity (Wildman–Crippen MR) is 62.7 cm³/mol. The maximum absolute atomic E-state index is 11.6. The van der Waals surface area contributed by atoms with Gasteiger partial charge in [0, 0.05) is 12.5 Å². The molecule has 5 nitrogen and oxygen atoms in total. The molecule has 0 aliphatic heterocycles. The van der Waals surface area contributed by atoms with E-state index in [9.17, 15) is 13.2 Å². The van der Waals surface area contributed by atoms with Gasteiger partial charge in [-0.1, -0.05) is 20.8 Å². The number of rotatable bonds is 6. The minimum absolute atomic E-state index is 0.0286. The Labute approximate surface area is 97.3 Å². The summed E-state index contributed by atoms with van der Waals surface area (Å²) in [7, 11) is -3.33. The largest absolute Gasteiger partial charge is 0.481 e. The molecular weight excluding hydrogens is 230 g/mol. The fourth-order valence-electron chi connectivity index (χ4n) is 1.32. The van der Waals surface area contributed by atoms with Gasteiger partial charge in [-0.15, -0.1) is 0 Å². The minimum Gasteiger partial charge on any atom is -0.481 e. The van der Waals surface area contributed by atoms with E-state index in [1.54, 1.807) is 6.92 Å². The molecule has 0 saturated carbocycles. The quantitative estimate of drug-likeness (QED) is 0.743. The van der Waals surface area contributed by atoms with Crippen molar-refractivity contribution in [3.8, 4) is 0 Å². The molecule has 0 rings (SSSR count). The SMILES string of the molecule is CC(CCC(=O)O)NS(=O)(=O)CC(C)(C)C. The highest BCUT2D eigenvalue weighted by Gasteiger charge is 2.23. The fraction of sp³-hybridized carbons (Fsp3) is 0.900. The first-order valence-electron chi connectivity index (χ1n) is 5.24. The molecule has 0 fully saturated rings. The Bertz CT molecular complexity index is 329. The minimum atomic E-state index is -3.33. The topological polar surface area (TPSA) is 83.5 Å². The first-order chi connectivity index (χ1) is 7.02. The summed E-state index contributed by atoms with van der Waals surface area (Å²) in [5.41, 5.74) is -0.307. The van der Waals surface area contributed by atoms with Gasteiger partial charge in [0.25, 0.3) is 0 Å². The Balaban J connectivity index is 4.21. The summed E-state index contributed by atoms with van der Waals surface area (Å²) < 4.78 is 25.8. The molecule has 0 saturated heterocycles. The molecule has 0 aliphatic rings. The normalized spacial score (nSPS) is 14.8. The van der Waals surface area contributed by atoms with Crippen LogP contribution in [-0.4, -0.2) is 31.3 Å². The zero-order chi connectivity index (χ0) is 13.0. The zero-order valence-electron chi connectivity index (χ0n) is 10.3. The van der Waals surface area contributed by atoms with Crippen LogP contribution in [0.15, 0.2) is 0 Å². The van der Waals surface area contributed by atoms with E-state index in [-0.39, 0.29) is 23.6 Å². The average Bonchev–Trinajstić information content (AvgIpc) is 1.94. The number of sulfonamides is 1. The van der Waals surface area contributed by atoms with E-state index in [1.165, 1.54) is 0 Å². The second-order valence-corrected chi connectivity index (χ2v) is 7.02. The Morgan fingerprint density at radius 3 is 2.25 bits per heavy atom. The van der Waals surface area contributed by atoms with Gasteiger partial charge in [-0.25, -0.2) is 13.1 Å². The molecule has 0 bridgehead atoms. The van der Waals surface area contributed by atoms with Crippen LogP contribution >= 0.6 is 0 Å². The van der Waals surface area contributed by atoms with Gasteiger partial charge in [0.1, 0.15) is 0 Å². The molecular formula is C10H21NO4S. The molecule has 6 heteroatoms. The number of aliphatic carboxylic acids is 1. The van der Waals surface area contributed by atoms with Crippen molar-refractivity contribution in [3.63, 3.8) is 0 Å². The van der Waals surface area contributed by atoms with E-state index in [1.807, 2.05) is 20.8 Å². The number of carbonyl (C=O) groups is 1. The van der Waals surface area contributed by atoms with Crippen molar-refractivity contribution in [1.29, 1.82) is 0 Å². The molecule has 0 aliphatic carbocycles. The molecule has 96 valence electrons. The monoisotopic (exact) mass is 251 g/mol. The Kier molecular flexibility index (Phi) is 5.41. The second-order valence-electron chi connectivity index (χ2n) is 5.27. The van der Waals surface area contributed by atoms with Crippen LogP contribution in [0.25, 0.3) is 0 Å². The zero-order valence-corrected chi connectivity index (χ0v) is 11.1. The van der Waals surface area contributed by atoms with Gasteiger partial charge in [-0.2, -0.15) is 0 Å². The Morgan fingerprint density at radius 2 is 1.88 bits per heavy atom. The van der Waals surface area contributed by atoms with Gasteiger partial charge in [-0.3, -0.25) is 4.79 Å². The van der Waals surface area contributed by atoms with Crippen LogP contribution < -0.4 is 4.72 Å². The fourth-order valence-corrected chi connectivity index (χ4v) is 3.27. The van der Waals surface area contributed by atoms with Crippen LogP contribution in [0.4, 0.5) is 0 Å². The van der Waals surface area contributed by atoms with Crippen molar-refractivity contribution in [1.82, 2.24) is 4.72 Å². The van der Waals surface area contributed by atoms with Crippen molar-refractivity contribution < 1.29 is 18.3 Å². The van der Waals surface area contributed by atoms with Crippen molar-refractivity contribution in [2.75, 3.05) is 5.75 Å². The Hall–Kier alpha value is -0.620. The number of hydrogen-bond acceptors (Lipinski definition) is 3. The van der Waals surface area contributed by atoms with Crippen LogP contribution in [0.1, 0.15) is 40.5 Å². The molecule has 16 heavy (non-hydrogen) atoms. The molecule has 0 radical (unpaired) electrons. The number of carboxylic acids is 1. The standard InChI is InChI=1S/C10H21NO4S/c1-8(5-6-9(12)13)11-16(14,15)7-10(2,3)4/h8,11H,5-7H2,1-4H3,(H,12,13). The molecule has 0 aromatic rings. The summed E-state index contributed by atoms with van der Waals surface area (Å²) in [6.45, 7) is 7.19. The van der Waals surface area contributed by atoms with Crippen LogP contribution in [0.3, 0.4) is 0 Å². The predicted octanol–water partition coefficient (Wildman–Crippen LogP) is 1.21. The number of hydrogen-bond donors (Lipinski definition) is 2. The van der Waals surface area contributed by atoms with Crippen LogP contribution in [0.2, 0.25) is 0 Å². The van der Waals surface area contributed by atoms with Crippen LogP contribution in [0.5, 0.6) is 0 Å². The Morgan fingerprint density at radius 1 is 1.38 bits per heavy atom. The van der Waals surface area contributed by atoms with Crippen molar-refractivity contribution in [3.05, 3.63) is 0 Å². The van der Waals surface area contributed by atoms with Crippen molar-refractivity contribution in [2.24, 2.45) is 5.41 Å². The van der Waals surface area contributed by atoms with Gasteiger partial charge < -0.3 is 5.11 Å². The van der Waals surface area contributed by atoms with E-state index in [0.29, 0.717) is 6.42 Å². The lowest BCUT2D eigenvalue weighted by molar-refractivity contribution is -0.137. The van der Waals surface area contributed by atoms with E-state index >= 15 is 0 Å². The van der Waals surface area contributed by atoms with Gasteiger partial charge in [0.15, 0.2) is 0 Å². The highest BCUT2D eigenvalue weighted by Crippen LogP contribution is 2.15. The van der Waals surface area contributed by atoms with E-state index < -0.39 is 16.0 Å². The molecule has 0 aromatic heterocycles. The molecule has 0 aromatic carbocycles. The van der Waals surface area contributed by atoms with E-state index in [2.05, 4.69) is 4.72 Å². The summed E-state index contributed by atoms with van der Waals surface area (Å²) in [6, 6.07) is -0.344. The average molecular weight is 251 g/mol. The third kappa shape index (κ3) is 8.67.